The molecule has 254 valence electrons. The second-order valence-corrected chi connectivity index (χ2v) is 13.0. The molecular weight excluding hydrogens is 651 g/mol. The molecule has 0 amide bonds. The summed E-state index contributed by atoms with van der Waals surface area (Å²) in [7, 11) is -7.05. The van der Waals surface area contributed by atoms with E-state index in [-0.39, 0.29) is 11.8 Å². The van der Waals surface area contributed by atoms with Crippen LogP contribution in [0.25, 0.3) is 0 Å². The summed E-state index contributed by atoms with van der Waals surface area (Å²) in [6.45, 7) is 9.68. The molecule has 1 aliphatic rings. The Labute approximate surface area is 261 Å². The minimum Gasteiger partial charge on any atom is -0.488 e. The molecule has 0 fully saturated rings. The number of fused-ring (bicyclic) bond motifs is 1. The minimum absolute atomic E-state index is 0.110. The van der Waals surface area contributed by atoms with Crippen molar-refractivity contribution in [2.24, 2.45) is 0 Å². The van der Waals surface area contributed by atoms with Gasteiger partial charge >= 0.3 is 33.4 Å². The lowest BCUT2D eigenvalue weighted by atomic mass is 9.69. The first-order chi connectivity index (χ1) is 21.1. The van der Waals surface area contributed by atoms with Gasteiger partial charge in [0.1, 0.15) is 17.1 Å². The van der Waals surface area contributed by atoms with E-state index in [1.165, 1.54) is 12.1 Å². The quantitative estimate of drug-likeness (QED) is 0.175. The Balaban J connectivity index is 0.00000282. The average molecular weight is 685 g/mol. The molecule has 0 N–H and O–H groups in total. The Kier molecular flexibility index (Phi) is 10.5. The van der Waals surface area contributed by atoms with E-state index in [1.807, 2.05) is 77.1 Å². The standard InChI is InChI=1S/C30H27F9O4S.C2H6/c1-26(2,3)42-22-14-16-24-20(17-22)11-15-23(18-7-5-4-6-8-18)25(24)19-9-12-21(13-10-19)43-44(40,41)30(38,39)28(33,34)27(31,32)29(35,36)37;1-2/h4-10,12-14,16-17,23,25H,11,15H2,1-3H3;1-2H3/t23?,25-;/m0./s1. The molecule has 0 aliphatic heterocycles. The van der Waals surface area contributed by atoms with Crippen molar-refractivity contribution in [1.29, 1.82) is 0 Å². The summed E-state index contributed by atoms with van der Waals surface area (Å²) in [6.07, 6.45) is -5.83. The summed E-state index contributed by atoms with van der Waals surface area (Å²) < 4.78 is 154. The lowest BCUT2D eigenvalue weighted by Gasteiger charge is -2.35. The zero-order chi connectivity index (χ0) is 34.9. The van der Waals surface area contributed by atoms with Gasteiger partial charge < -0.3 is 8.92 Å². The molecule has 2 atom stereocenters. The van der Waals surface area contributed by atoms with Crippen molar-refractivity contribution < 1.29 is 56.9 Å². The molecular formula is C32H33F9O4S. The van der Waals surface area contributed by atoms with Gasteiger partial charge in [-0.05, 0) is 86.1 Å². The van der Waals surface area contributed by atoms with Crippen LogP contribution in [0.3, 0.4) is 0 Å². The van der Waals surface area contributed by atoms with E-state index in [2.05, 4.69) is 4.18 Å². The van der Waals surface area contributed by atoms with E-state index < -0.39 is 44.7 Å². The SMILES string of the molecule is CC.CC(C)(C)Oc1ccc2c(c1)CCC(c1ccccc1)[C@@H]2c1ccc(OS(=O)(=O)C(F)(F)C(F)(F)C(F)(F)C(F)(F)F)cc1. The van der Waals surface area contributed by atoms with E-state index >= 15 is 0 Å². The highest BCUT2D eigenvalue weighted by molar-refractivity contribution is 7.88. The van der Waals surface area contributed by atoms with Gasteiger partial charge in [-0.1, -0.05) is 62.4 Å². The maximum absolute atomic E-state index is 14.1. The van der Waals surface area contributed by atoms with Gasteiger partial charge in [0.25, 0.3) is 0 Å². The molecule has 3 aromatic rings. The van der Waals surface area contributed by atoms with Crippen molar-refractivity contribution in [2.45, 2.75) is 88.2 Å². The van der Waals surface area contributed by atoms with Gasteiger partial charge in [-0.2, -0.15) is 47.9 Å². The molecule has 0 saturated carbocycles. The van der Waals surface area contributed by atoms with E-state index in [0.717, 1.165) is 28.8 Å². The molecule has 4 rings (SSSR count). The Bertz CT molecular complexity index is 1580. The molecule has 0 bridgehead atoms. The third-order valence-electron chi connectivity index (χ3n) is 7.10. The lowest BCUT2D eigenvalue weighted by molar-refractivity contribution is -0.382. The van der Waals surface area contributed by atoms with E-state index in [1.54, 1.807) is 6.07 Å². The average Bonchev–Trinajstić information content (AvgIpc) is 2.96. The Morgan fingerprint density at radius 2 is 1.24 bits per heavy atom. The fraction of sp³-hybridized carbons (Fsp3) is 0.438. The number of ether oxygens (including phenoxy) is 1. The van der Waals surface area contributed by atoms with E-state index in [9.17, 15) is 47.9 Å². The Hall–Kier alpha value is -3.42. The summed E-state index contributed by atoms with van der Waals surface area (Å²) in [5.41, 5.74) is 2.88. The van der Waals surface area contributed by atoms with Crippen LogP contribution in [-0.2, 0) is 16.5 Å². The summed E-state index contributed by atoms with van der Waals surface area (Å²) in [5.74, 6) is -15.6. The molecule has 4 nitrogen and oxygen atoms in total. The third kappa shape index (κ3) is 7.11. The van der Waals surface area contributed by atoms with Crippen LogP contribution in [0.15, 0.2) is 72.8 Å². The molecule has 46 heavy (non-hydrogen) atoms. The minimum atomic E-state index is -7.39. The summed E-state index contributed by atoms with van der Waals surface area (Å²) in [5, 5.41) is -6.95. The smallest absolute Gasteiger partial charge is 0.460 e. The third-order valence-corrected chi connectivity index (χ3v) is 8.40. The van der Waals surface area contributed by atoms with E-state index in [4.69, 9.17) is 4.74 Å². The molecule has 1 unspecified atom stereocenters. The number of halogens is 9. The van der Waals surface area contributed by atoms with Crippen LogP contribution in [0.5, 0.6) is 11.5 Å². The van der Waals surface area contributed by atoms with Crippen molar-refractivity contribution in [3.05, 3.63) is 95.1 Å². The molecule has 0 saturated heterocycles. The van der Waals surface area contributed by atoms with Crippen molar-refractivity contribution in [3.63, 3.8) is 0 Å². The zero-order valence-corrected chi connectivity index (χ0v) is 26.3. The van der Waals surface area contributed by atoms with Gasteiger partial charge in [-0.25, -0.2) is 0 Å². The first kappa shape index (κ1) is 37.0. The van der Waals surface area contributed by atoms with Crippen LogP contribution in [0, 0.1) is 0 Å². The fourth-order valence-electron chi connectivity index (χ4n) is 5.11. The molecule has 0 heterocycles. The highest BCUT2D eigenvalue weighted by Crippen LogP contribution is 2.55. The highest BCUT2D eigenvalue weighted by Gasteiger charge is 2.86. The molecule has 14 heteroatoms. The largest absolute Gasteiger partial charge is 0.488 e. The van der Waals surface area contributed by atoms with Gasteiger partial charge in [0, 0.05) is 5.92 Å². The lowest BCUT2D eigenvalue weighted by Crippen LogP contribution is -2.63. The first-order valence-electron chi connectivity index (χ1n) is 14.2. The first-order valence-corrected chi connectivity index (χ1v) is 15.6. The predicted octanol–water partition coefficient (Wildman–Crippen LogP) is 9.89. The Morgan fingerprint density at radius 1 is 0.696 bits per heavy atom. The number of hydrogen-bond acceptors (Lipinski definition) is 4. The number of rotatable bonds is 8. The van der Waals surface area contributed by atoms with Crippen molar-refractivity contribution >= 4 is 10.1 Å². The molecule has 1 aliphatic carbocycles. The molecule has 0 radical (unpaired) electrons. The van der Waals surface area contributed by atoms with Gasteiger partial charge in [-0.3, -0.25) is 0 Å². The zero-order valence-electron chi connectivity index (χ0n) is 25.4. The van der Waals surface area contributed by atoms with Crippen LogP contribution in [0.1, 0.15) is 75.1 Å². The monoisotopic (exact) mass is 684 g/mol. The summed E-state index contributed by atoms with van der Waals surface area (Å²) >= 11 is 0. The highest BCUT2D eigenvalue weighted by atomic mass is 32.2. The molecule has 0 spiro atoms. The molecule has 0 aromatic heterocycles. The fourth-order valence-corrected chi connectivity index (χ4v) is 6.02. The van der Waals surface area contributed by atoms with Crippen LogP contribution in [0.4, 0.5) is 39.5 Å². The van der Waals surface area contributed by atoms with Crippen LogP contribution in [0.2, 0.25) is 0 Å². The normalized spacial score (nSPS) is 17.8. The van der Waals surface area contributed by atoms with Crippen LogP contribution >= 0.6 is 0 Å². The number of hydrogen-bond donors (Lipinski definition) is 0. The van der Waals surface area contributed by atoms with Crippen molar-refractivity contribution in [2.75, 3.05) is 0 Å². The summed E-state index contributed by atoms with van der Waals surface area (Å²) in [6, 6.07) is 19.1. The predicted molar refractivity (Wildman–Crippen MR) is 154 cm³/mol. The number of alkyl halides is 9. The van der Waals surface area contributed by atoms with E-state index in [0.29, 0.717) is 24.2 Å². The maximum Gasteiger partial charge on any atom is 0.460 e. The van der Waals surface area contributed by atoms with Crippen molar-refractivity contribution in [3.8, 4) is 11.5 Å². The van der Waals surface area contributed by atoms with Crippen molar-refractivity contribution in [1.82, 2.24) is 0 Å². The van der Waals surface area contributed by atoms with Crippen LogP contribution in [-0.4, -0.2) is 37.3 Å². The van der Waals surface area contributed by atoms with Gasteiger partial charge in [0.2, 0.25) is 0 Å². The second kappa shape index (κ2) is 13.0. The number of benzene rings is 3. The van der Waals surface area contributed by atoms with Gasteiger partial charge in [0.05, 0.1) is 0 Å². The van der Waals surface area contributed by atoms with Gasteiger partial charge in [0.15, 0.2) is 0 Å². The topological polar surface area (TPSA) is 52.6 Å². The Morgan fingerprint density at radius 3 is 1.76 bits per heavy atom. The van der Waals surface area contributed by atoms with Gasteiger partial charge in [-0.15, -0.1) is 0 Å². The molecule has 3 aromatic carbocycles. The maximum atomic E-state index is 14.1. The van der Waals surface area contributed by atoms with Crippen LogP contribution < -0.4 is 8.92 Å². The number of aryl methyl sites for hydroxylation is 1. The summed E-state index contributed by atoms with van der Waals surface area (Å²) in [4.78, 5) is 0. The second-order valence-electron chi connectivity index (χ2n) is 11.4.